The molecule has 1 unspecified atom stereocenters. The largest absolute Gasteiger partial charge is 0.481 e. The molecule has 0 aromatic heterocycles. The van der Waals surface area contributed by atoms with Gasteiger partial charge in [-0.25, -0.2) is 0 Å². The summed E-state index contributed by atoms with van der Waals surface area (Å²) in [6.45, 7) is 3.17. The predicted octanol–water partition coefficient (Wildman–Crippen LogP) is 2.18. The molecule has 0 saturated heterocycles. The molecule has 0 spiro atoms. The van der Waals surface area contributed by atoms with Crippen molar-refractivity contribution < 1.29 is 14.3 Å². The van der Waals surface area contributed by atoms with E-state index in [9.17, 15) is 9.59 Å². The van der Waals surface area contributed by atoms with E-state index in [4.69, 9.17) is 10.5 Å². The third-order valence-corrected chi connectivity index (χ3v) is 5.11. The number of ketones is 1. The maximum Gasteiger partial charge on any atom is 0.248 e. The Bertz CT molecular complexity index is 621. The summed E-state index contributed by atoms with van der Waals surface area (Å²) in [5, 5.41) is 3.28. The van der Waals surface area contributed by atoms with Crippen LogP contribution in [0.2, 0.25) is 0 Å². The van der Waals surface area contributed by atoms with Crippen LogP contribution in [0, 0.1) is 5.41 Å². The van der Waals surface area contributed by atoms with Crippen LogP contribution in [0.3, 0.4) is 0 Å². The minimum Gasteiger partial charge on any atom is -0.481 e. The summed E-state index contributed by atoms with van der Waals surface area (Å²) in [4.78, 5) is 24.4. The van der Waals surface area contributed by atoms with Crippen LogP contribution in [0.5, 0.6) is 5.75 Å². The third-order valence-electron chi connectivity index (χ3n) is 5.11. The first-order valence-corrected chi connectivity index (χ1v) is 8.34. The fraction of sp³-hybridized carbons (Fsp3) is 0.556. The smallest absolute Gasteiger partial charge is 0.248 e. The maximum absolute atomic E-state index is 13.0. The zero-order valence-electron chi connectivity index (χ0n) is 13.6. The highest BCUT2D eigenvalue weighted by Gasteiger charge is 2.40. The normalized spacial score (nSPS) is 23.3. The summed E-state index contributed by atoms with van der Waals surface area (Å²) < 4.78 is 6.01. The van der Waals surface area contributed by atoms with Crippen molar-refractivity contribution in [1.82, 2.24) is 5.32 Å². The third kappa shape index (κ3) is 3.24. The predicted molar refractivity (Wildman–Crippen MR) is 87.3 cm³/mol. The monoisotopic (exact) mass is 316 g/mol. The molecule has 3 N–H and O–H groups in total. The van der Waals surface area contributed by atoms with Crippen molar-refractivity contribution in [3.8, 4) is 5.75 Å². The number of rotatable bonds is 3. The van der Waals surface area contributed by atoms with E-state index in [0.717, 1.165) is 31.2 Å². The van der Waals surface area contributed by atoms with E-state index in [-0.39, 0.29) is 11.2 Å². The van der Waals surface area contributed by atoms with Crippen LogP contribution in [0.1, 0.15) is 54.9 Å². The number of nitrogens with one attached hydrogen (secondary N) is 1. The molecular weight excluding hydrogens is 292 g/mol. The van der Waals surface area contributed by atoms with E-state index < -0.39 is 12.0 Å². The van der Waals surface area contributed by atoms with Gasteiger partial charge in [0.1, 0.15) is 5.75 Å². The summed E-state index contributed by atoms with van der Waals surface area (Å²) in [6, 6.07) is 5.17. The lowest BCUT2D eigenvalue weighted by molar-refractivity contribution is -0.136. The zero-order chi connectivity index (χ0) is 16.4. The Balaban J connectivity index is 1.83. The van der Waals surface area contributed by atoms with Crippen molar-refractivity contribution >= 4 is 11.7 Å². The molecule has 0 bridgehead atoms. The van der Waals surface area contributed by atoms with Gasteiger partial charge < -0.3 is 15.8 Å². The minimum atomic E-state index is -0.512. The summed E-state index contributed by atoms with van der Waals surface area (Å²) in [7, 11) is 0. The highest BCUT2D eigenvalue weighted by atomic mass is 16.5. The van der Waals surface area contributed by atoms with Gasteiger partial charge in [-0.15, -0.1) is 0 Å². The molecule has 1 saturated carbocycles. The number of fused-ring (bicyclic) bond motifs is 1. The highest BCUT2D eigenvalue weighted by molar-refractivity contribution is 5.93. The molecule has 1 atom stereocenters. The van der Waals surface area contributed by atoms with E-state index >= 15 is 0 Å². The van der Waals surface area contributed by atoms with Gasteiger partial charge >= 0.3 is 0 Å². The van der Waals surface area contributed by atoms with Crippen LogP contribution in [0.15, 0.2) is 18.2 Å². The van der Waals surface area contributed by atoms with Crippen molar-refractivity contribution in [3.63, 3.8) is 0 Å². The van der Waals surface area contributed by atoms with E-state index in [1.54, 1.807) is 12.1 Å². The molecule has 1 aliphatic carbocycles. The Kier molecular flexibility index (Phi) is 4.39. The van der Waals surface area contributed by atoms with E-state index in [2.05, 4.69) is 12.2 Å². The van der Waals surface area contributed by atoms with Gasteiger partial charge in [-0.1, -0.05) is 32.3 Å². The number of Topliss-reactive ketones (excluding diaryl/α,β-unsaturated/α-hetero) is 1. The number of benzene rings is 1. The topological polar surface area (TPSA) is 81.4 Å². The Morgan fingerprint density at radius 2 is 2.00 bits per heavy atom. The number of carbonyl (C=O) groups is 2. The first kappa shape index (κ1) is 16.0. The zero-order valence-corrected chi connectivity index (χ0v) is 13.6. The second-order valence-corrected chi connectivity index (χ2v) is 6.91. The average Bonchev–Trinajstić information content (AvgIpc) is 2.76. The summed E-state index contributed by atoms with van der Waals surface area (Å²) >= 11 is 0. The Morgan fingerprint density at radius 3 is 2.70 bits per heavy atom. The van der Waals surface area contributed by atoms with Crippen molar-refractivity contribution in [2.45, 2.75) is 51.7 Å². The molecule has 1 amide bonds. The Morgan fingerprint density at radius 1 is 1.26 bits per heavy atom. The maximum atomic E-state index is 13.0. The standard InChI is InChI=1S/C18H24N2O3/c1-18(7-3-2-4-8-18)16(21)15-11-20-10-13-6-5-12(17(19)22)9-14(13)23-15/h5-6,9,15,20H,2-4,7-8,10-11H2,1H3,(H2,19,22). The Labute approximate surface area is 136 Å². The fourth-order valence-electron chi connectivity index (χ4n) is 3.61. The lowest BCUT2D eigenvalue weighted by Gasteiger charge is -2.34. The van der Waals surface area contributed by atoms with Crippen LogP contribution in [0.25, 0.3) is 0 Å². The van der Waals surface area contributed by atoms with E-state index in [1.165, 1.54) is 6.42 Å². The molecule has 23 heavy (non-hydrogen) atoms. The van der Waals surface area contributed by atoms with Crippen LogP contribution < -0.4 is 15.8 Å². The Hall–Kier alpha value is -1.88. The molecule has 124 valence electrons. The first-order valence-electron chi connectivity index (χ1n) is 8.34. The molecule has 5 heteroatoms. The summed E-state index contributed by atoms with van der Waals surface area (Å²) in [5.41, 5.74) is 6.39. The molecule has 1 aromatic carbocycles. The number of hydrogen-bond acceptors (Lipinski definition) is 4. The fourth-order valence-corrected chi connectivity index (χ4v) is 3.61. The van der Waals surface area contributed by atoms with E-state index in [0.29, 0.717) is 24.4 Å². The number of carbonyl (C=O) groups excluding carboxylic acids is 2. The van der Waals surface area contributed by atoms with Crippen molar-refractivity contribution in [1.29, 1.82) is 0 Å². The van der Waals surface area contributed by atoms with Crippen LogP contribution in [-0.4, -0.2) is 24.3 Å². The number of ether oxygens (including phenoxy) is 1. The van der Waals surface area contributed by atoms with Gasteiger partial charge in [0.15, 0.2) is 11.9 Å². The summed E-state index contributed by atoms with van der Waals surface area (Å²) in [5.74, 6) is 0.266. The van der Waals surface area contributed by atoms with Crippen molar-refractivity contribution in [2.75, 3.05) is 6.54 Å². The summed E-state index contributed by atoms with van der Waals surface area (Å²) in [6.07, 6.45) is 4.76. The lowest BCUT2D eigenvalue weighted by atomic mass is 9.71. The van der Waals surface area contributed by atoms with Crippen LogP contribution in [0.4, 0.5) is 0 Å². The van der Waals surface area contributed by atoms with E-state index in [1.807, 2.05) is 6.07 Å². The molecular formula is C18H24N2O3. The van der Waals surface area contributed by atoms with Gasteiger partial charge in [-0.05, 0) is 25.0 Å². The lowest BCUT2D eigenvalue weighted by Crippen LogP contribution is -2.45. The second-order valence-electron chi connectivity index (χ2n) is 6.91. The number of primary amides is 1. The average molecular weight is 316 g/mol. The SMILES string of the molecule is CC1(C(=O)C2CNCc3ccc(C(N)=O)cc3O2)CCCCC1. The van der Waals surface area contributed by atoms with Gasteiger partial charge in [0.25, 0.3) is 0 Å². The molecule has 1 aliphatic heterocycles. The molecule has 1 aromatic rings. The number of hydrogen-bond donors (Lipinski definition) is 2. The van der Waals surface area contributed by atoms with Crippen molar-refractivity contribution in [3.05, 3.63) is 29.3 Å². The minimum absolute atomic E-state index is 0.169. The molecule has 0 radical (unpaired) electrons. The van der Waals surface area contributed by atoms with Gasteiger partial charge in [-0.2, -0.15) is 0 Å². The number of amides is 1. The van der Waals surface area contributed by atoms with Gasteiger partial charge in [0.2, 0.25) is 5.91 Å². The van der Waals surface area contributed by atoms with Gasteiger partial charge in [0.05, 0.1) is 0 Å². The van der Waals surface area contributed by atoms with Crippen LogP contribution >= 0.6 is 0 Å². The van der Waals surface area contributed by atoms with Crippen molar-refractivity contribution in [2.24, 2.45) is 11.1 Å². The molecule has 1 heterocycles. The van der Waals surface area contributed by atoms with Gasteiger partial charge in [0, 0.05) is 29.6 Å². The second kappa shape index (κ2) is 6.32. The van der Waals surface area contributed by atoms with Crippen LogP contribution in [-0.2, 0) is 11.3 Å². The highest BCUT2D eigenvalue weighted by Crippen LogP contribution is 2.38. The first-order chi connectivity index (χ1) is 11.0. The molecule has 5 nitrogen and oxygen atoms in total. The molecule has 3 rings (SSSR count). The molecule has 1 fully saturated rings. The molecule has 2 aliphatic rings. The quantitative estimate of drug-likeness (QED) is 0.895. The van der Waals surface area contributed by atoms with Gasteiger partial charge in [-0.3, -0.25) is 9.59 Å². The number of nitrogens with two attached hydrogens (primary N) is 1.